The Morgan fingerprint density at radius 2 is 1.85 bits per heavy atom. The number of nitrogens with two attached hydrogens (primary N) is 1. The highest BCUT2D eigenvalue weighted by Crippen LogP contribution is 2.23. The molecule has 1 amide bonds. The summed E-state index contributed by atoms with van der Waals surface area (Å²) in [4.78, 5) is 15.1. The molecule has 2 rings (SSSR count). The van der Waals surface area contributed by atoms with Gasteiger partial charge in [0.05, 0.1) is 5.56 Å². The van der Waals surface area contributed by atoms with Crippen LogP contribution < -0.4 is 15.8 Å². The maximum atomic E-state index is 11.0. The zero-order valence-corrected chi connectivity index (χ0v) is 16.9. The molecule has 0 fully saturated rings. The Bertz CT molecular complexity index is 640. The van der Waals surface area contributed by atoms with Crippen molar-refractivity contribution < 1.29 is 9.53 Å². The molecule has 1 aromatic carbocycles. The first-order valence-corrected chi connectivity index (χ1v) is 9.13. The van der Waals surface area contributed by atoms with Crippen LogP contribution in [0.25, 0.3) is 0 Å². The van der Waals surface area contributed by atoms with Crippen molar-refractivity contribution in [2.45, 2.75) is 47.0 Å². The number of rotatable bonds is 6. The minimum absolute atomic E-state index is 0.370. The lowest BCUT2D eigenvalue weighted by atomic mass is 10.0. The smallest absolute Gasteiger partial charge is 0.250 e. The van der Waals surface area contributed by atoms with E-state index in [9.17, 15) is 4.79 Å². The second-order valence-electron chi connectivity index (χ2n) is 5.54. The van der Waals surface area contributed by atoms with Crippen LogP contribution in [0, 0.1) is 6.92 Å². The Labute approximate surface area is 158 Å². The van der Waals surface area contributed by atoms with E-state index >= 15 is 0 Å². The molecule has 144 valence electrons. The molecule has 0 aliphatic heterocycles. The van der Waals surface area contributed by atoms with Crippen molar-refractivity contribution >= 4 is 5.91 Å². The molecule has 0 saturated carbocycles. The van der Waals surface area contributed by atoms with Gasteiger partial charge in [0, 0.05) is 12.3 Å². The number of nitrogens with one attached hydrogen (secondary N) is 1. The minimum Gasteiger partial charge on any atom is -0.439 e. The Morgan fingerprint density at radius 1 is 1.19 bits per heavy atom. The second kappa shape index (κ2) is 13.8. The molecule has 0 radical (unpaired) electrons. The quantitative estimate of drug-likeness (QED) is 0.797. The first-order chi connectivity index (χ1) is 12.5. The van der Waals surface area contributed by atoms with Gasteiger partial charge in [0.2, 0.25) is 11.8 Å². The molecule has 1 heterocycles. The Hall–Kier alpha value is -2.40. The zero-order valence-electron chi connectivity index (χ0n) is 16.9. The van der Waals surface area contributed by atoms with E-state index in [0.29, 0.717) is 11.4 Å². The van der Waals surface area contributed by atoms with Gasteiger partial charge in [0.15, 0.2) is 0 Å². The third-order valence-corrected chi connectivity index (χ3v) is 3.36. The van der Waals surface area contributed by atoms with Crippen molar-refractivity contribution in [2.75, 3.05) is 14.1 Å². The highest BCUT2D eigenvalue weighted by Gasteiger charge is 2.05. The Kier molecular flexibility index (Phi) is 12.6. The second-order valence-corrected chi connectivity index (χ2v) is 5.54. The fourth-order valence-corrected chi connectivity index (χ4v) is 2.06. The van der Waals surface area contributed by atoms with Crippen LogP contribution in [0.15, 0.2) is 36.5 Å². The highest BCUT2D eigenvalue weighted by atomic mass is 16.5. The van der Waals surface area contributed by atoms with Gasteiger partial charge in [-0.1, -0.05) is 33.3 Å². The number of aryl methyl sites for hydroxylation is 2. The average Bonchev–Trinajstić information content (AvgIpc) is 2.65. The molecule has 0 atom stereocenters. The molecule has 26 heavy (non-hydrogen) atoms. The monoisotopic (exact) mass is 359 g/mol. The SMILES string of the molecule is CC.CCCCc1cc(Oc2ccc(C(N)=O)cn2)ccc1C.CNC. The van der Waals surface area contributed by atoms with E-state index in [-0.39, 0.29) is 0 Å². The number of primary amides is 1. The first kappa shape index (κ1) is 23.6. The third-order valence-electron chi connectivity index (χ3n) is 3.36. The van der Waals surface area contributed by atoms with E-state index in [1.807, 2.05) is 34.0 Å². The number of aromatic nitrogens is 1. The molecule has 3 N–H and O–H groups in total. The molecule has 5 nitrogen and oxygen atoms in total. The fourth-order valence-electron chi connectivity index (χ4n) is 2.06. The summed E-state index contributed by atoms with van der Waals surface area (Å²) in [6.45, 7) is 8.29. The number of ether oxygens (including phenoxy) is 1. The summed E-state index contributed by atoms with van der Waals surface area (Å²) in [5.41, 5.74) is 8.12. The van der Waals surface area contributed by atoms with Crippen LogP contribution in [-0.2, 0) is 6.42 Å². The summed E-state index contributed by atoms with van der Waals surface area (Å²) in [5.74, 6) is 0.711. The van der Waals surface area contributed by atoms with E-state index in [1.165, 1.54) is 23.7 Å². The van der Waals surface area contributed by atoms with Crippen molar-refractivity contribution in [3.8, 4) is 11.6 Å². The minimum atomic E-state index is -0.494. The largest absolute Gasteiger partial charge is 0.439 e. The van der Waals surface area contributed by atoms with Gasteiger partial charge in [0.1, 0.15) is 5.75 Å². The summed E-state index contributed by atoms with van der Waals surface area (Å²) in [6.07, 6.45) is 4.80. The van der Waals surface area contributed by atoms with Crippen LogP contribution in [0.5, 0.6) is 11.6 Å². The van der Waals surface area contributed by atoms with E-state index in [0.717, 1.165) is 18.6 Å². The lowest BCUT2D eigenvalue weighted by Crippen LogP contribution is -2.10. The summed E-state index contributed by atoms with van der Waals surface area (Å²) < 4.78 is 5.73. The van der Waals surface area contributed by atoms with Crippen molar-refractivity contribution in [1.82, 2.24) is 10.3 Å². The Morgan fingerprint density at radius 3 is 2.35 bits per heavy atom. The molecule has 0 bridgehead atoms. The maximum absolute atomic E-state index is 11.0. The number of unbranched alkanes of at least 4 members (excludes halogenated alkanes) is 1. The predicted molar refractivity (Wildman–Crippen MR) is 109 cm³/mol. The molecule has 0 unspecified atom stereocenters. The van der Waals surface area contributed by atoms with Crippen molar-refractivity contribution in [3.63, 3.8) is 0 Å². The van der Waals surface area contributed by atoms with Crippen LogP contribution in [0.1, 0.15) is 55.1 Å². The summed E-state index contributed by atoms with van der Waals surface area (Å²) in [6, 6.07) is 9.28. The van der Waals surface area contributed by atoms with Crippen molar-refractivity contribution in [3.05, 3.63) is 53.2 Å². The Balaban J connectivity index is 0.00000113. The molecule has 0 spiro atoms. The van der Waals surface area contributed by atoms with Crippen LogP contribution in [-0.4, -0.2) is 25.0 Å². The van der Waals surface area contributed by atoms with Gasteiger partial charge in [0.25, 0.3) is 0 Å². The molecule has 0 saturated heterocycles. The first-order valence-electron chi connectivity index (χ1n) is 9.13. The van der Waals surface area contributed by atoms with Gasteiger partial charge >= 0.3 is 0 Å². The van der Waals surface area contributed by atoms with Gasteiger partial charge in [-0.3, -0.25) is 4.79 Å². The topological polar surface area (TPSA) is 77.2 Å². The van der Waals surface area contributed by atoms with E-state index in [2.05, 4.69) is 36.3 Å². The van der Waals surface area contributed by atoms with Gasteiger partial charge in [-0.25, -0.2) is 4.98 Å². The zero-order chi connectivity index (χ0) is 19.9. The normalized spacial score (nSPS) is 9.31. The van der Waals surface area contributed by atoms with Crippen LogP contribution in [0.2, 0.25) is 0 Å². The molecule has 2 aromatic rings. The number of nitrogens with zero attached hydrogens (tertiary/aromatic N) is 1. The fraction of sp³-hybridized carbons (Fsp3) is 0.429. The van der Waals surface area contributed by atoms with Crippen LogP contribution in [0.4, 0.5) is 0 Å². The molecule has 0 aliphatic rings. The number of hydrogen-bond donors (Lipinski definition) is 2. The molecular formula is C21H33N3O2. The number of hydrogen-bond acceptors (Lipinski definition) is 4. The number of carbonyl (C=O) groups is 1. The summed E-state index contributed by atoms with van der Waals surface area (Å²) >= 11 is 0. The summed E-state index contributed by atoms with van der Waals surface area (Å²) in [7, 11) is 3.75. The molecular weight excluding hydrogens is 326 g/mol. The highest BCUT2D eigenvalue weighted by molar-refractivity contribution is 5.92. The van der Waals surface area contributed by atoms with Crippen LogP contribution in [0.3, 0.4) is 0 Å². The van der Waals surface area contributed by atoms with E-state index in [1.54, 1.807) is 12.1 Å². The lowest BCUT2D eigenvalue weighted by molar-refractivity contribution is 0.1000. The summed E-state index contributed by atoms with van der Waals surface area (Å²) in [5, 5.41) is 2.75. The number of benzene rings is 1. The van der Waals surface area contributed by atoms with Crippen molar-refractivity contribution in [1.29, 1.82) is 0 Å². The third kappa shape index (κ3) is 8.62. The maximum Gasteiger partial charge on any atom is 0.250 e. The standard InChI is InChI=1S/C17H20N2O2.C2H7N.C2H6/c1-3-4-5-13-10-15(8-6-12(13)2)21-16-9-7-14(11-19-16)17(18)20;1-3-2;1-2/h6-11H,3-5H2,1-2H3,(H2,18,20);3H,1-2H3;1-2H3. The van der Waals surface area contributed by atoms with E-state index in [4.69, 9.17) is 10.5 Å². The van der Waals surface area contributed by atoms with Crippen LogP contribution >= 0.6 is 0 Å². The van der Waals surface area contributed by atoms with Crippen molar-refractivity contribution in [2.24, 2.45) is 5.73 Å². The average molecular weight is 360 g/mol. The number of carbonyl (C=O) groups excluding carboxylic acids is 1. The van der Waals surface area contributed by atoms with Gasteiger partial charge in [-0.15, -0.1) is 0 Å². The molecule has 0 aliphatic carbocycles. The predicted octanol–water partition coefficient (Wildman–Crippen LogP) is 4.49. The van der Waals surface area contributed by atoms with Gasteiger partial charge < -0.3 is 15.8 Å². The molecule has 1 aromatic heterocycles. The van der Waals surface area contributed by atoms with Gasteiger partial charge in [-0.05, 0) is 63.2 Å². The number of pyridine rings is 1. The van der Waals surface area contributed by atoms with E-state index < -0.39 is 5.91 Å². The lowest BCUT2D eigenvalue weighted by Gasteiger charge is -2.09. The number of amides is 1. The molecule has 5 heteroatoms. The van der Waals surface area contributed by atoms with Gasteiger partial charge in [-0.2, -0.15) is 0 Å².